The van der Waals surface area contributed by atoms with Crippen molar-refractivity contribution in [2.75, 3.05) is 7.05 Å². The van der Waals surface area contributed by atoms with Gasteiger partial charge in [0.15, 0.2) is 0 Å². The molecule has 1 aliphatic rings. The Morgan fingerprint density at radius 3 is 2.53 bits per heavy atom. The number of thiophene rings is 1. The van der Waals surface area contributed by atoms with E-state index in [1.807, 2.05) is 18.0 Å². The zero-order valence-electron chi connectivity index (χ0n) is 9.71. The fourth-order valence-corrected chi connectivity index (χ4v) is 4.28. The molecule has 1 aromatic heterocycles. The van der Waals surface area contributed by atoms with E-state index in [0.717, 1.165) is 26.0 Å². The molecular formula is C12H15Br2NOS. The summed E-state index contributed by atoms with van der Waals surface area (Å²) in [7, 11) is 1.93. The second-order valence-electron chi connectivity index (χ2n) is 4.44. The number of halogens is 2. The van der Waals surface area contributed by atoms with Gasteiger partial charge in [-0.1, -0.05) is 19.3 Å². The second-order valence-corrected chi connectivity index (χ2v) is 7.66. The lowest BCUT2D eigenvalue weighted by atomic mass is 9.94. The Morgan fingerprint density at radius 2 is 2.00 bits per heavy atom. The summed E-state index contributed by atoms with van der Waals surface area (Å²) in [5, 5.41) is 0. The number of hydrogen-bond donors (Lipinski definition) is 0. The maximum Gasteiger partial charge on any atom is 0.263 e. The smallest absolute Gasteiger partial charge is 0.263 e. The Kier molecular flexibility index (Phi) is 4.66. The van der Waals surface area contributed by atoms with Crippen LogP contribution in [0.4, 0.5) is 0 Å². The summed E-state index contributed by atoms with van der Waals surface area (Å²) in [4.78, 5) is 15.0. The van der Waals surface area contributed by atoms with E-state index >= 15 is 0 Å². The van der Waals surface area contributed by atoms with Gasteiger partial charge < -0.3 is 4.90 Å². The van der Waals surface area contributed by atoms with Crippen molar-refractivity contribution < 1.29 is 4.79 Å². The van der Waals surface area contributed by atoms with Crippen molar-refractivity contribution in [1.82, 2.24) is 4.90 Å². The highest BCUT2D eigenvalue weighted by atomic mass is 79.9. The maximum absolute atomic E-state index is 12.3. The van der Waals surface area contributed by atoms with E-state index in [4.69, 9.17) is 0 Å². The van der Waals surface area contributed by atoms with Crippen LogP contribution in [0.15, 0.2) is 14.3 Å². The number of nitrogens with zero attached hydrogens (tertiary/aromatic N) is 1. The Labute approximate surface area is 123 Å². The molecule has 17 heavy (non-hydrogen) atoms. The summed E-state index contributed by atoms with van der Waals surface area (Å²) in [5.41, 5.74) is 0. The average molecular weight is 381 g/mol. The first-order valence-electron chi connectivity index (χ1n) is 5.81. The molecule has 2 rings (SSSR count). The van der Waals surface area contributed by atoms with Gasteiger partial charge in [-0.05, 0) is 50.8 Å². The molecule has 0 spiro atoms. The topological polar surface area (TPSA) is 20.3 Å². The van der Waals surface area contributed by atoms with Crippen LogP contribution in [0.2, 0.25) is 0 Å². The van der Waals surface area contributed by atoms with Gasteiger partial charge in [0.25, 0.3) is 5.91 Å². The van der Waals surface area contributed by atoms with Gasteiger partial charge in [-0.3, -0.25) is 4.79 Å². The van der Waals surface area contributed by atoms with E-state index in [0.29, 0.717) is 6.04 Å². The van der Waals surface area contributed by atoms with Gasteiger partial charge in [0, 0.05) is 17.6 Å². The molecule has 1 aromatic rings. The van der Waals surface area contributed by atoms with Crippen LogP contribution in [0.3, 0.4) is 0 Å². The second kappa shape index (κ2) is 5.85. The van der Waals surface area contributed by atoms with Crippen molar-refractivity contribution in [3.8, 4) is 0 Å². The molecule has 1 aliphatic carbocycles. The minimum Gasteiger partial charge on any atom is -0.338 e. The van der Waals surface area contributed by atoms with Crippen LogP contribution in [0.5, 0.6) is 0 Å². The molecule has 0 bridgehead atoms. The van der Waals surface area contributed by atoms with Crippen molar-refractivity contribution in [2.45, 2.75) is 38.1 Å². The monoisotopic (exact) mass is 379 g/mol. The summed E-state index contributed by atoms with van der Waals surface area (Å²) >= 11 is 8.35. The minimum absolute atomic E-state index is 0.147. The third-order valence-corrected chi connectivity index (χ3v) is 6.54. The lowest BCUT2D eigenvalue weighted by Crippen LogP contribution is -2.37. The predicted octanol–water partition coefficient (Wildman–Crippen LogP) is 4.68. The van der Waals surface area contributed by atoms with Gasteiger partial charge in [0.2, 0.25) is 0 Å². The molecule has 2 nitrogen and oxygen atoms in total. The normalized spacial score (nSPS) is 17.1. The van der Waals surface area contributed by atoms with Gasteiger partial charge in [0.05, 0.1) is 8.66 Å². The summed E-state index contributed by atoms with van der Waals surface area (Å²) < 4.78 is 1.95. The summed E-state index contributed by atoms with van der Waals surface area (Å²) in [6.07, 6.45) is 6.11. The van der Waals surface area contributed by atoms with Crippen LogP contribution >= 0.6 is 43.2 Å². The summed E-state index contributed by atoms with van der Waals surface area (Å²) in [6.45, 7) is 0. The van der Waals surface area contributed by atoms with E-state index in [-0.39, 0.29) is 5.91 Å². The molecule has 1 heterocycles. The fraction of sp³-hybridized carbons (Fsp3) is 0.583. The molecule has 0 radical (unpaired) electrons. The number of hydrogen-bond acceptors (Lipinski definition) is 2. The molecule has 1 fully saturated rings. The maximum atomic E-state index is 12.3. The van der Waals surface area contributed by atoms with Crippen molar-refractivity contribution in [3.63, 3.8) is 0 Å². The Hall–Kier alpha value is 0.130. The SMILES string of the molecule is CN(C(=O)c1cc(Br)c(Br)s1)C1CCCCC1. The van der Waals surface area contributed by atoms with Gasteiger partial charge >= 0.3 is 0 Å². The predicted molar refractivity (Wildman–Crippen MR) is 78.7 cm³/mol. The van der Waals surface area contributed by atoms with Crippen molar-refractivity contribution in [3.05, 3.63) is 19.2 Å². The van der Waals surface area contributed by atoms with Crippen LogP contribution in [0.25, 0.3) is 0 Å². The lowest BCUT2D eigenvalue weighted by Gasteiger charge is -2.30. The summed E-state index contributed by atoms with van der Waals surface area (Å²) in [6, 6.07) is 2.33. The zero-order chi connectivity index (χ0) is 12.4. The van der Waals surface area contributed by atoms with Crippen LogP contribution in [0, 0.1) is 0 Å². The first-order chi connectivity index (χ1) is 8.09. The van der Waals surface area contributed by atoms with E-state index in [1.165, 1.54) is 30.6 Å². The number of carbonyl (C=O) groups excluding carboxylic acids is 1. The minimum atomic E-state index is 0.147. The lowest BCUT2D eigenvalue weighted by molar-refractivity contribution is 0.0701. The molecule has 0 saturated heterocycles. The zero-order valence-corrected chi connectivity index (χ0v) is 13.7. The molecule has 1 amide bonds. The van der Waals surface area contributed by atoms with E-state index in [2.05, 4.69) is 31.9 Å². The number of amides is 1. The van der Waals surface area contributed by atoms with Gasteiger partial charge in [-0.25, -0.2) is 0 Å². The first kappa shape index (κ1) is 13.6. The molecule has 0 aliphatic heterocycles. The fourth-order valence-electron chi connectivity index (χ4n) is 2.26. The standard InChI is InChI=1S/C12H15Br2NOS/c1-15(8-5-3-2-4-6-8)12(16)10-7-9(13)11(14)17-10/h7-8H,2-6H2,1H3. The van der Waals surface area contributed by atoms with Crippen molar-refractivity contribution in [1.29, 1.82) is 0 Å². The Balaban J connectivity index is 2.08. The quantitative estimate of drug-likeness (QED) is 0.729. The highest BCUT2D eigenvalue weighted by Crippen LogP contribution is 2.33. The van der Waals surface area contributed by atoms with Gasteiger partial charge in [0.1, 0.15) is 0 Å². The van der Waals surface area contributed by atoms with E-state index in [1.54, 1.807) is 0 Å². The molecule has 1 saturated carbocycles. The molecule has 5 heteroatoms. The Bertz CT molecular complexity index is 393. The summed E-state index contributed by atoms with van der Waals surface area (Å²) in [5.74, 6) is 0.147. The third kappa shape index (κ3) is 3.12. The van der Waals surface area contributed by atoms with Crippen molar-refractivity contribution in [2.24, 2.45) is 0 Å². The van der Waals surface area contributed by atoms with Crippen LogP contribution in [-0.2, 0) is 0 Å². The van der Waals surface area contributed by atoms with E-state index in [9.17, 15) is 4.79 Å². The number of carbonyl (C=O) groups is 1. The van der Waals surface area contributed by atoms with Crippen molar-refractivity contribution >= 4 is 49.1 Å². The largest absolute Gasteiger partial charge is 0.338 e. The molecule has 0 atom stereocenters. The van der Waals surface area contributed by atoms with Crippen LogP contribution < -0.4 is 0 Å². The highest BCUT2D eigenvalue weighted by Gasteiger charge is 2.24. The molecule has 0 N–H and O–H groups in total. The van der Waals surface area contributed by atoms with Gasteiger partial charge in [-0.2, -0.15) is 0 Å². The molecule has 94 valence electrons. The Morgan fingerprint density at radius 1 is 1.35 bits per heavy atom. The third-order valence-electron chi connectivity index (χ3n) is 3.30. The van der Waals surface area contributed by atoms with E-state index < -0.39 is 0 Å². The van der Waals surface area contributed by atoms with Gasteiger partial charge in [-0.15, -0.1) is 11.3 Å². The highest BCUT2D eigenvalue weighted by molar-refractivity contribution is 9.13. The number of rotatable bonds is 2. The first-order valence-corrected chi connectivity index (χ1v) is 8.22. The average Bonchev–Trinajstić information content (AvgIpc) is 2.69. The van der Waals surface area contributed by atoms with Crippen LogP contribution in [-0.4, -0.2) is 23.9 Å². The molecule has 0 unspecified atom stereocenters. The molecular weight excluding hydrogens is 366 g/mol. The molecule has 0 aromatic carbocycles. The van der Waals surface area contributed by atoms with Crippen LogP contribution in [0.1, 0.15) is 41.8 Å².